The fourth-order valence-corrected chi connectivity index (χ4v) is 4.00. The van der Waals surface area contributed by atoms with E-state index in [0.717, 1.165) is 24.6 Å². The molecule has 4 rings (SSSR count). The molecular weight excluding hydrogens is 342 g/mol. The molecule has 1 aromatic carbocycles. The van der Waals surface area contributed by atoms with Gasteiger partial charge in [-0.1, -0.05) is 12.1 Å². The number of hydrogen-bond acceptors (Lipinski definition) is 5. The van der Waals surface area contributed by atoms with E-state index >= 15 is 0 Å². The van der Waals surface area contributed by atoms with E-state index < -0.39 is 0 Å². The molecule has 0 bridgehead atoms. The van der Waals surface area contributed by atoms with Crippen molar-refractivity contribution in [3.63, 3.8) is 0 Å². The van der Waals surface area contributed by atoms with Crippen LogP contribution in [0.5, 0.6) is 0 Å². The first-order valence-corrected chi connectivity index (χ1v) is 9.69. The van der Waals surface area contributed by atoms with Crippen molar-refractivity contribution in [1.82, 2.24) is 25.0 Å². The molecule has 1 N–H and O–H groups in total. The Morgan fingerprint density at radius 1 is 1.07 bits per heavy atom. The molecule has 7 heteroatoms. The second-order valence-electron chi connectivity index (χ2n) is 7.47. The second kappa shape index (κ2) is 7.23. The van der Waals surface area contributed by atoms with Crippen LogP contribution in [0, 0.1) is 0 Å². The summed E-state index contributed by atoms with van der Waals surface area (Å²) in [5, 5.41) is 12.2. The largest absolute Gasteiger partial charge is 0.314 e. The summed E-state index contributed by atoms with van der Waals surface area (Å²) in [4.78, 5) is 26.3. The van der Waals surface area contributed by atoms with Gasteiger partial charge in [0.25, 0.3) is 11.8 Å². The minimum Gasteiger partial charge on any atom is -0.314 e. The Labute approximate surface area is 158 Å². The summed E-state index contributed by atoms with van der Waals surface area (Å²) in [6, 6.07) is 7.22. The van der Waals surface area contributed by atoms with Gasteiger partial charge in [-0.05, 0) is 45.2 Å². The molecule has 0 saturated carbocycles. The first-order valence-electron chi connectivity index (χ1n) is 9.69. The summed E-state index contributed by atoms with van der Waals surface area (Å²) in [6.45, 7) is 5.55. The maximum Gasteiger partial charge on any atom is 0.261 e. The number of benzene rings is 1. The zero-order valence-electron chi connectivity index (χ0n) is 15.8. The van der Waals surface area contributed by atoms with Gasteiger partial charge in [0.05, 0.1) is 17.2 Å². The van der Waals surface area contributed by atoms with Gasteiger partial charge in [-0.25, -0.2) is 0 Å². The fraction of sp³-hybridized carbons (Fsp3) is 0.500. The number of amides is 2. The van der Waals surface area contributed by atoms with Crippen LogP contribution in [0.3, 0.4) is 0 Å². The summed E-state index contributed by atoms with van der Waals surface area (Å²) in [6.07, 6.45) is 4.03. The molecule has 2 atom stereocenters. The van der Waals surface area contributed by atoms with E-state index in [9.17, 15) is 9.59 Å². The van der Waals surface area contributed by atoms with E-state index in [4.69, 9.17) is 0 Å². The first kappa shape index (κ1) is 17.9. The lowest BCUT2D eigenvalue weighted by atomic mass is 10.1. The molecule has 7 nitrogen and oxygen atoms in total. The molecule has 0 spiro atoms. The van der Waals surface area contributed by atoms with Gasteiger partial charge in [0.2, 0.25) is 0 Å². The number of hydrogen-bond donors (Lipinski definition) is 1. The highest BCUT2D eigenvalue weighted by molar-refractivity contribution is 6.21. The number of nitrogens with one attached hydrogen (secondary N) is 1. The third-order valence-corrected chi connectivity index (χ3v) is 5.47. The van der Waals surface area contributed by atoms with Crippen LogP contribution in [0.4, 0.5) is 0 Å². The Kier molecular flexibility index (Phi) is 4.78. The summed E-state index contributed by atoms with van der Waals surface area (Å²) in [5.74, 6) is 1.66. The summed E-state index contributed by atoms with van der Waals surface area (Å²) in [5.41, 5.74) is 1.01. The van der Waals surface area contributed by atoms with Gasteiger partial charge in [-0.15, -0.1) is 10.2 Å². The van der Waals surface area contributed by atoms with Crippen LogP contribution in [-0.2, 0) is 13.0 Å². The van der Waals surface area contributed by atoms with Gasteiger partial charge in [0.15, 0.2) is 0 Å². The van der Waals surface area contributed by atoms with E-state index in [1.807, 2.05) is 0 Å². The number of imide groups is 1. The number of fused-ring (bicyclic) bond motifs is 2. The molecule has 2 aliphatic rings. The highest BCUT2D eigenvalue weighted by Gasteiger charge is 2.34. The molecule has 0 unspecified atom stereocenters. The Bertz CT molecular complexity index is 840. The van der Waals surface area contributed by atoms with Crippen LogP contribution in [0.15, 0.2) is 24.3 Å². The number of aromatic nitrogens is 3. The molecule has 2 aliphatic heterocycles. The molecule has 0 fully saturated rings. The zero-order chi connectivity index (χ0) is 19.0. The number of rotatable bonds is 6. The van der Waals surface area contributed by atoms with E-state index in [1.54, 1.807) is 24.3 Å². The molecule has 2 amide bonds. The Morgan fingerprint density at radius 2 is 1.78 bits per heavy atom. The summed E-state index contributed by atoms with van der Waals surface area (Å²) >= 11 is 0. The van der Waals surface area contributed by atoms with Gasteiger partial charge in [0.1, 0.15) is 11.6 Å². The molecule has 27 heavy (non-hydrogen) atoms. The lowest BCUT2D eigenvalue weighted by Crippen LogP contribution is -2.37. The SMILES string of the molecule is C[C@H](N[C@@H](C)CCN1C(=O)c2ccccc2C1=O)c1nnc2n1CCCC2. The standard InChI is InChI=1S/C20H25N5O2/c1-13(21-14(2)18-23-22-17-9-5-6-11-24(17)18)10-12-25-19(26)15-7-3-4-8-16(15)20(25)27/h3-4,7-8,13-14,21H,5-6,9-12H2,1-2H3/t13-,14-/m0/s1. The molecule has 0 saturated heterocycles. The Balaban J connectivity index is 1.35. The lowest BCUT2D eigenvalue weighted by Gasteiger charge is -2.23. The van der Waals surface area contributed by atoms with Crippen molar-refractivity contribution in [2.24, 2.45) is 0 Å². The van der Waals surface area contributed by atoms with E-state index in [2.05, 4.69) is 33.9 Å². The van der Waals surface area contributed by atoms with Crippen molar-refractivity contribution < 1.29 is 9.59 Å². The highest BCUT2D eigenvalue weighted by atomic mass is 16.2. The highest BCUT2D eigenvalue weighted by Crippen LogP contribution is 2.23. The van der Waals surface area contributed by atoms with Crippen LogP contribution in [-0.4, -0.2) is 44.1 Å². The van der Waals surface area contributed by atoms with Gasteiger partial charge in [-0.3, -0.25) is 14.5 Å². The van der Waals surface area contributed by atoms with Crippen LogP contribution in [0.2, 0.25) is 0 Å². The monoisotopic (exact) mass is 367 g/mol. The first-order chi connectivity index (χ1) is 13.1. The predicted molar refractivity (Wildman–Crippen MR) is 100 cm³/mol. The van der Waals surface area contributed by atoms with Crippen LogP contribution >= 0.6 is 0 Å². The normalized spacial score (nSPS) is 18.4. The summed E-state index contributed by atoms with van der Waals surface area (Å²) in [7, 11) is 0. The molecular formula is C20H25N5O2. The maximum absolute atomic E-state index is 12.5. The van der Waals surface area contributed by atoms with Gasteiger partial charge in [-0.2, -0.15) is 0 Å². The molecule has 1 aromatic heterocycles. The van der Waals surface area contributed by atoms with Crippen LogP contribution in [0.1, 0.15) is 71.5 Å². The average molecular weight is 367 g/mol. The van der Waals surface area contributed by atoms with E-state index in [0.29, 0.717) is 24.1 Å². The van der Waals surface area contributed by atoms with Gasteiger partial charge in [0, 0.05) is 25.6 Å². The molecule has 0 radical (unpaired) electrons. The van der Waals surface area contributed by atoms with Crippen molar-refractivity contribution in [2.45, 2.75) is 58.2 Å². The third-order valence-electron chi connectivity index (χ3n) is 5.47. The maximum atomic E-state index is 12.5. The number of carbonyl (C=O) groups excluding carboxylic acids is 2. The smallest absolute Gasteiger partial charge is 0.261 e. The van der Waals surface area contributed by atoms with Crippen molar-refractivity contribution in [2.75, 3.05) is 6.54 Å². The Hall–Kier alpha value is -2.54. The minimum atomic E-state index is -0.192. The second-order valence-corrected chi connectivity index (χ2v) is 7.47. The van der Waals surface area contributed by atoms with Crippen molar-refractivity contribution in [3.8, 4) is 0 Å². The van der Waals surface area contributed by atoms with Crippen LogP contribution in [0.25, 0.3) is 0 Å². The van der Waals surface area contributed by atoms with Crippen LogP contribution < -0.4 is 5.32 Å². The predicted octanol–water partition coefficient (Wildman–Crippen LogP) is 2.34. The topological polar surface area (TPSA) is 80.1 Å². The van der Waals surface area contributed by atoms with Gasteiger partial charge >= 0.3 is 0 Å². The fourth-order valence-electron chi connectivity index (χ4n) is 4.00. The molecule has 2 aromatic rings. The quantitative estimate of drug-likeness (QED) is 0.793. The van der Waals surface area contributed by atoms with E-state index in [-0.39, 0.29) is 23.9 Å². The molecule has 142 valence electrons. The van der Waals surface area contributed by atoms with Crippen molar-refractivity contribution >= 4 is 11.8 Å². The number of aryl methyl sites for hydroxylation is 1. The van der Waals surface area contributed by atoms with Gasteiger partial charge < -0.3 is 9.88 Å². The third kappa shape index (κ3) is 3.27. The number of carbonyl (C=O) groups is 2. The lowest BCUT2D eigenvalue weighted by molar-refractivity contribution is 0.0648. The summed E-state index contributed by atoms with van der Waals surface area (Å²) < 4.78 is 2.22. The van der Waals surface area contributed by atoms with E-state index in [1.165, 1.54) is 17.7 Å². The zero-order valence-corrected chi connectivity index (χ0v) is 15.8. The van der Waals surface area contributed by atoms with Crippen molar-refractivity contribution in [3.05, 3.63) is 47.0 Å². The average Bonchev–Trinajstić information content (AvgIpc) is 3.21. The minimum absolute atomic E-state index is 0.0709. The molecule has 3 heterocycles. The Morgan fingerprint density at radius 3 is 2.48 bits per heavy atom. The van der Waals surface area contributed by atoms with Crippen molar-refractivity contribution in [1.29, 1.82) is 0 Å². The molecule has 0 aliphatic carbocycles. The number of nitrogens with zero attached hydrogens (tertiary/aromatic N) is 4.